The number of sulfonamides is 1. The first-order chi connectivity index (χ1) is 9.83. The molecule has 112 valence electrons. The Morgan fingerprint density at radius 3 is 2.52 bits per heavy atom. The van der Waals surface area contributed by atoms with Crippen LogP contribution in [0.4, 0.5) is 10.1 Å². The van der Waals surface area contributed by atoms with Gasteiger partial charge in [-0.3, -0.25) is 4.72 Å². The van der Waals surface area contributed by atoms with Crippen molar-refractivity contribution >= 4 is 15.7 Å². The van der Waals surface area contributed by atoms with E-state index in [2.05, 4.69) is 9.71 Å². The third kappa shape index (κ3) is 3.21. The zero-order valence-electron chi connectivity index (χ0n) is 12.1. The summed E-state index contributed by atoms with van der Waals surface area (Å²) in [4.78, 5) is 3.62. The van der Waals surface area contributed by atoms with Crippen LogP contribution in [0.1, 0.15) is 30.9 Å². The zero-order chi connectivity index (χ0) is 15.6. The third-order valence-corrected chi connectivity index (χ3v) is 4.43. The predicted molar refractivity (Wildman–Crippen MR) is 80.3 cm³/mol. The Kier molecular flexibility index (Phi) is 4.27. The van der Waals surface area contributed by atoms with Gasteiger partial charge in [-0.05, 0) is 36.1 Å². The molecule has 0 amide bonds. The first-order valence-electron chi connectivity index (χ1n) is 6.56. The second-order valence-electron chi connectivity index (χ2n) is 5.09. The standard InChI is InChI=1S/C15H17FN2O2S/c1-10(2)12-7-4-6-11(3)14(12)18-21(19,20)15-13(16)8-5-9-17-15/h4-10,18H,1-3H3. The molecule has 0 unspecified atom stereocenters. The Morgan fingerprint density at radius 2 is 1.90 bits per heavy atom. The number of pyridine rings is 1. The first-order valence-corrected chi connectivity index (χ1v) is 8.04. The topological polar surface area (TPSA) is 59.1 Å². The van der Waals surface area contributed by atoms with E-state index in [9.17, 15) is 12.8 Å². The number of hydrogen-bond donors (Lipinski definition) is 1. The van der Waals surface area contributed by atoms with Crippen LogP contribution in [0.3, 0.4) is 0 Å². The predicted octanol–water partition coefficient (Wildman–Crippen LogP) is 3.45. The lowest BCUT2D eigenvalue weighted by molar-refractivity contribution is 0.556. The van der Waals surface area contributed by atoms with E-state index in [-0.39, 0.29) is 5.92 Å². The summed E-state index contributed by atoms with van der Waals surface area (Å²) in [6.07, 6.45) is 1.25. The quantitative estimate of drug-likeness (QED) is 0.941. The molecule has 21 heavy (non-hydrogen) atoms. The number of hydrogen-bond acceptors (Lipinski definition) is 3. The van der Waals surface area contributed by atoms with Crippen molar-refractivity contribution in [3.63, 3.8) is 0 Å². The van der Waals surface area contributed by atoms with Crippen LogP contribution in [0, 0.1) is 12.7 Å². The van der Waals surface area contributed by atoms with E-state index in [0.717, 1.165) is 17.2 Å². The molecule has 0 aliphatic heterocycles. The average molecular weight is 308 g/mol. The smallest absolute Gasteiger partial charge is 0.278 e. The van der Waals surface area contributed by atoms with Gasteiger partial charge in [-0.1, -0.05) is 32.0 Å². The first kappa shape index (κ1) is 15.4. The van der Waals surface area contributed by atoms with E-state index < -0.39 is 20.9 Å². The number of halogens is 1. The Morgan fingerprint density at radius 1 is 1.19 bits per heavy atom. The van der Waals surface area contributed by atoms with Crippen LogP contribution in [0.2, 0.25) is 0 Å². The Labute approximate surface area is 124 Å². The van der Waals surface area contributed by atoms with Crippen LogP contribution >= 0.6 is 0 Å². The van der Waals surface area contributed by atoms with Crippen LogP contribution in [-0.4, -0.2) is 13.4 Å². The highest BCUT2D eigenvalue weighted by atomic mass is 32.2. The van der Waals surface area contributed by atoms with Gasteiger partial charge in [-0.15, -0.1) is 0 Å². The molecule has 0 saturated heterocycles. The monoisotopic (exact) mass is 308 g/mol. The molecule has 1 aromatic carbocycles. The van der Waals surface area contributed by atoms with Crippen molar-refractivity contribution in [2.75, 3.05) is 4.72 Å². The number of anilines is 1. The summed E-state index contributed by atoms with van der Waals surface area (Å²) in [5.41, 5.74) is 2.12. The molecule has 6 heteroatoms. The highest BCUT2D eigenvalue weighted by molar-refractivity contribution is 7.92. The van der Waals surface area contributed by atoms with Crippen LogP contribution in [0.25, 0.3) is 0 Å². The molecule has 4 nitrogen and oxygen atoms in total. The number of benzene rings is 1. The molecular formula is C15H17FN2O2S. The number of para-hydroxylation sites is 1. The van der Waals surface area contributed by atoms with Gasteiger partial charge in [0.2, 0.25) is 5.03 Å². The summed E-state index contributed by atoms with van der Waals surface area (Å²) in [6, 6.07) is 7.94. The van der Waals surface area contributed by atoms with E-state index in [1.807, 2.05) is 26.0 Å². The molecule has 0 fully saturated rings. The second kappa shape index (κ2) is 5.81. The van der Waals surface area contributed by atoms with Gasteiger partial charge in [0.05, 0.1) is 5.69 Å². The second-order valence-corrected chi connectivity index (χ2v) is 6.69. The third-order valence-electron chi connectivity index (χ3n) is 3.14. The summed E-state index contributed by atoms with van der Waals surface area (Å²) in [6.45, 7) is 5.74. The average Bonchev–Trinajstić information content (AvgIpc) is 2.41. The van der Waals surface area contributed by atoms with Gasteiger partial charge in [0.1, 0.15) is 0 Å². The van der Waals surface area contributed by atoms with Crippen molar-refractivity contribution in [2.45, 2.75) is 31.7 Å². The van der Waals surface area contributed by atoms with Gasteiger partial charge in [0, 0.05) is 6.20 Å². The van der Waals surface area contributed by atoms with Crippen LogP contribution in [0.5, 0.6) is 0 Å². The van der Waals surface area contributed by atoms with Gasteiger partial charge in [-0.25, -0.2) is 9.37 Å². The molecule has 2 aromatic rings. The molecule has 2 rings (SSSR count). The summed E-state index contributed by atoms with van der Waals surface area (Å²) in [7, 11) is -4.06. The van der Waals surface area contributed by atoms with Gasteiger partial charge >= 0.3 is 0 Å². The fourth-order valence-electron chi connectivity index (χ4n) is 2.06. The fourth-order valence-corrected chi connectivity index (χ4v) is 3.23. The lowest BCUT2D eigenvalue weighted by atomic mass is 9.99. The molecule has 0 saturated carbocycles. The molecule has 1 aromatic heterocycles. The van der Waals surface area contributed by atoms with E-state index >= 15 is 0 Å². The maximum absolute atomic E-state index is 13.7. The fraction of sp³-hybridized carbons (Fsp3) is 0.267. The highest BCUT2D eigenvalue weighted by Crippen LogP contribution is 2.29. The van der Waals surface area contributed by atoms with E-state index in [0.29, 0.717) is 5.69 Å². The van der Waals surface area contributed by atoms with E-state index in [1.165, 1.54) is 12.3 Å². The van der Waals surface area contributed by atoms with Crippen LogP contribution < -0.4 is 4.72 Å². The minimum Gasteiger partial charge on any atom is -0.278 e. The van der Waals surface area contributed by atoms with Gasteiger partial charge in [-0.2, -0.15) is 8.42 Å². The number of nitrogens with zero attached hydrogens (tertiary/aromatic N) is 1. The zero-order valence-corrected chi connectivity index (χ0v) is 12.9. The minimum atomic E-state index is -4.06. The molecule has 0 spiro atoms. The number of rotatable bonds is 4. The maximum Gasteiger partial charge on any atom is 0.282 e. The molecule has 0 bridgehead atoms. The highest BCUT2D eigenvalue weighted by Gasteiger charge is 2.23. The Bertz CT molecular complexity index is 758. The maximum atomic E-state index is 13.7. The molecule has 0 aliphatic rings. The normalized spacial score (nSPS) is 11.7. The lowest BCUT2D eigenvalue weighted by Crippen LogP contribution is -2.18. The number of aromatic nitrogens is 1. The van der Waals surface area contributed by atoms with E-state index in [1.54, 1.807) is 13.0 Å². The summed E-state index contributed by atoms with van der Waals surface area (Å²) in [5, 5.41) is -0.594. The van der Waals surface area contributed by atoms with Crippen molar-refractivity contribution in [1.29, 1.82) is 0 Å². The van der Waals surface area contributed by atoms with Crippen molar-refractivity contribution in [1.82, 2.24) is 4.98 Å². The van der Waals surface area contributed by atoms with Gasteiger partial charge in [0.25, 0.3) is 10.0 Å². The molecule has 1 N–H and O–H groups in total. The largest absolute Gasteiger partial charge is 0.282 e. The lowest BCUT2D eigenvalue weighted by Gasteiger charge is -2.17. The molecule has 0 radical (unpaired) electrons. The Balaban J connectivity index is 2.50. The molecule has 0 atom stereocenters. The van der Waals surface area contributed by atoms with E-state index in [4.69, 9.17) is 0 Å². The van der Waals surface area contributed by atoms with Crippen molar-refractivity contribution in [2.24, 2.45) is 0 Å². The summed E-state index contributed by atoms with van der Waals surface area (Å²) < 4.78 is 40.8. The molecule has 0 aliphatic carbocycles. The van der Waals surface area contributed by atoms with Crippen molar-refractivity contribution < 1.29 is 12.8 Å². The number of aryl methyl sites for hydroxylation is 1. The van der Waals surface area contributed by atoms with Gasteiger partial charge in [0.15, 0.2) is 5.82 Å². The molecular weight excluding hydrogens is 291 g/mol. The SMILES string of the molecule is Cc1cccc(C(C)C)c1NS(=O)(=O)c1ncccc1F. The minimum absolute atomic E-state index is 0.135. The summed E-state index contributed by atoms with van der Waals surface area (Å²) >= 11 is 0. The van der Waals surface area contributed by atoms with Crippen molar-refractivity contribution in [3.05, 3.63) is 53.5 Å². The Hall–Kier alpha value is -1.95. The molecule has 1 heterocycles. The number of nitrogens with one attached hydrogen (secondary N) is 1. The van der Waals surface area contributed by atoms with Crippen LogP contribution in [0.15, 0.2) is 41.6 Å². The van der Waals surface area contributed by atoms with Crippen LogP contribution in [-0.2, 0) is 10.0 Å². The summed E-state index contributed by atoms with van der Waals surface area (Å²) in [5.74, 6) is -0.735. The van der Waals surface area contributed by atoms with Crippen molar-refractivity contribution in [3.8, 4) is 0 Å². The van der Waals surface area contributed by atoms with Gasteiger partial charge < -0.3 is 0 Å².